The van der Waals surface area contributed by atoms with E-state index in [1.807, 2.05) is 12.1 Å². The number of nitrogens with one attached hydrogen (secondary N) is 1. The summed E-state index contributed by atoms with van der Waals surface area (Å²) < 4.78 is 5.56. The van der Waals surface area contributed by atoms with Crippen LogP contribution in [0.1, 0.15) is 28.4 Å². The van der Waals surface area contributed by atoms with Crippen molar-refractivity contribution in [3.8, 4) is 5.75 Å². The summed E-state index contributed by atoms with van der Waals surface area (Å²) in [6, 6.07) is 14.3. The molecule has 1 fully saturated rings. The van der Waals surface area contributed by atoms with E-state index in [-0.39, 0.29) is 6.04 Å². The summed E-state index contributed by atoms with van der Waals surface area (Å²) in [5, 5.41) is 11.8. The van der Waals surface area contributed by atoms with Crippen LogP contribution in [0.3, 0.4) is 0 Å². The quantitative estimate of drug-likeness (QED) is 0.762. The molecule has 130 valence electrons. The van der Waals surface area contributed by atoms with Crippen LogP contribution < -0.4 is 0 Å². The summed E-state index contributed by atoms with van der Waals surface area (Å²) in [6.45, 7) is 7.36. The first-order valence-corrected chi connectivity index (χ1v) is 8.83. The monoisotopic (exact) mass is 336 g/mol. The zero-order valence-corrected chi connectivity index (χ0v) is 14.7. The number of ether oxygens (including phenoxy) is 1. The highest BCUT2D eigenvalue weighted by molar-refractivity contribution is 5.85. The molecule has 0 spiro atoms. The second-order valence-electron chi connectivity index (χ2n) is 6.82. The molecule has 4 heteroatoms. The van der Waals surface area contributed by atoms with Gasteiger partial charge in [0.2, 0.25) is 0 Å². The number of phenols is 1. The molecule has 0 saturated carbocycles. The molecule has 2 N–H and O–H groups in total. The molecule has 2 aromatic carbocycles. The lowest BCUT2D eigenvalue weighted by molar-refractivity contribution is 0.0237. The average molecular weight is 336 g/mol. The number of aromatic amines is 1. The number of aromatic nitrogens is 1. The molecule has 0 radical (unpaired) electrons. The summed E-state index contributed by atoms with van der Waals surface area (Å²) in [5.74, 6) is 0.353. The first-order valence-electron chi connectivity index (χ1n) is 8.83. The number of rotatable bonds is 3. The fourth-order valence-electron chi connectivity index (χ4n) is 3.91. The van der Waals surface area contributed by atoms with E-state index in [1.54, 1.807) is 0 Å². The van der Waals surface area contributed by atoms with Crippen molar-refractivity contribution in [3.63, 3.8) is 0 Å². The predicted molar refractivity (Wildman–Crippen MR) is 100 cm³/mol. The van der Waals surface area contributed by atoms with Gasteiger partial charge >= 0.3 is 0 Å². The molecule has 0 amide bonds. The number of hydrogen-bond donors (Lipinski definition) is 2. The number of morpholine rings is 1. The van der Waals surface area contributed by atoms with Crippen molar-refractivity contribution in [3.05, 3.63) is 64.8 Å². The Kier molecular flexibility index (Phi) is 4.24. The first-order chi connectivity index (χ1) is 12.1. The largest absolute Gasteiger partial charge is 0.508 e. The predicted octanol–water partition coefficient (Wildman–Crippen LogP) is 3.91. The van der Waals surface area contributed by atoms with Gasteiger partial charge in [0.25, 0.3) is 0 Å². The summed E-state index contributed by atoms with van der Waals surface area (Å²) >= 11 is 0. The third-order valence-electron chi connectivity index (χ3n) is 5.11. The van der Waals surface area contributed by atoms with Gasteiger partial charge in [-0.15, -0.1) is 0 Å². The molecule has 0 bridgehead atoms. The Morgan fingerprint density at radius 1 is 1.08 bits per heavy atom. The van der Waals surface area contributed by atoms with Crippen molar-refractivity contribution in [2.75, 3.05) is 26.3 Å². The van der Waals surface area contributed by atoms with Gasteiger partial charge < -0.3 is 14.8 Å². The third-order valence-corrected chi connectivity index (χ3v) is 5.11. The van der Waals surface area contributed by atoms with Gasteiger partial charge in [-0.25, -0.2) is 0 Å². The molecule has 1 unspecified atom stereocenters. The minimum absolute atomic E-state index is 0.0138. The molecule has 0 aliphatic carbocycles. The van der Waals surface area contributed by atoms with Gasteiger partial charge in [0.15, 0.2) is 0 Å². The number of hydrogen-bond acceptors (Lipinski definition) is 3. The Bertz CT molecular complexity index is 894. The standard InChI is InChI=1S/C21H24N2O2/c1-14-7-8-19(24)17(13-14)21(23-9-11-25-12-10-23)20-15(2)22-18-6-4-3-5-16(18)20/h3-8,13,21-22,24H,9-12H2,1-2H3. The Hall–Kier alpha value is -2.30. The minimum atomic E-state index is 0.0138. The number of H-pyrrole nitrogens is 1. The van der Waals surface area contributed by atoms with Gasteiger partial charge in [-0.2, -0.15) is 0 Å². The van der Waals surface area contributed by atoms with Crippen molar-refractivity contribution in [2.24, 2.45) is 0 Å². The Morgan fingerprint density at radius 3 is 2.64 bits per heavy atom. The Morgan fingerprint density at radius 2 is 1.84 bits per heavy atom. The third kappa shape index (κ3) is 2.92. The first kappa shape index (κ1) is 16.2. The zero-order chi connectivity index (χ0) is 17.4. The molecule has 25 heavy (non-hydrogen) atoms. The number of benzene rings is 2. The lowest BCUT2D eigenvalue weighted by atomic mass is 9.92. The molecule has 1 aliphatic rings. The summed E-state index contributed by atoms with van der Waals surface area (Å²) in [7, 11) is 0. The number of fused-ring (bicyclic) bond motifs is 1. The van der Waals surface area contributed by atoms with Crippen molar-refractivity contribution >= 4 is 10.9 Å². The van der Waals surface area contributed by atoms with Crippen LogP contribution in [0, 0.1) is 13.8 Å². The molecule has 1 saturated heterocycles. The lowest BCUT2D eigenvalue weighted by Gasteiger charge is -2.35. The highest BCUT2D eigenvalue weighted by atomic mass is 16.5. The number of para-hydroxylation sites is 1. The number of aryl methyl sites for hydroxylation is 2. The maximum absolute atomic E-state index is 10.6. The maximum Gasteiger partial charge on any atom is 0.120 e. The summed E-state index contributed by atoms with van der Waals surface area (Å²) in [5.41, 5.74) is 5.66. The van der Waals surface area contributed by atoms with E-state index in [0.717, 1.165) is 48.6 Å². The molecule has 1 aliphatic heterocycles. The van der Waals surface area contributed by atoms with E-state index in [4.69, 9.17) is 4.74 Å². The molecule has 1 aromatic heterocycles. The summed E-state index contributed by atoms with van der Waals surface area (Å²) in [6.07, 6.45) is 0. The van der Waals surface area contributed by atoms with Crippen LogP contribution in [0.2, 0.25) is 0 Å². The molecule has 4 rings (SSSR count). The van der Waals surface area contributed by atoms with Crippen LogP contribution in [-0.4, -0.2) is 41.3 Å². The van der Waals surface area contributed by atoms with E-state index in [9.17, 15) is 5.11 Å². The number of nitrogens with zero attached hydrogens (tertiary/aromatic N) is 1. The van der Waals surface area contributed by atoms with E-state index in [0.29, 0.717) is 5.75 Å². The van der Waals surface area contributed by atoms with Gasteiger partial charge in [-0.1, -0.05) is 35.9 Å². The van der Waals surface area contributed by atoms with E-state index in [2.05, 4.69) is 54.1 Å². The molecular formula is C21H24N2O2. The normalized spacial score (nSPS) is 17.0. The van der Waals surface area contributed by atoms with Crippen molar-refractivity contribution in [1.29, 1.82) is 0 Å². The van der Waals surface area contributed by atoms with Gasteiger partial charge in [-0.05, 0) is 26.0 Å². The minimum Gasteiger partial charge on any atom is -0.508 e. The lowest BCUT2D eigenvalue weighted by Crippen LogP contribution is -2.39. The second kappa shape index (κ2) is 6.54. The van der Waals surface area contributed by atoms with E-state index in [1.165, 1.54) is 10.9 Å². The van der Waals surface area contributed by atoms with Crippen LogP contribution in [0.5, 0.6) is 5.75 Å². The van der Waals surface area contributed by atoms with E-state index < -0.39 is 0 Å². The van der Waals surface area contributed by atoms with Gasteiger partial charge in [0.05, 0.1) is 19.3 Å². The van der Waals surface area contributed by atoms with Crippen molar-refractivity contribution in [2.45, 2.75) is 19.9 Å². The topological polar surface area (TPSA) is 48.5 Å². The van der Waals surface area contributed by atoms with Crippen LogP contribution in [0.25, 0.3) is 10.9 Å². The van der Waals surface area contributed by atoms with Crippen LogP contribution in [-0.2, 0) is 4.74 Å². The van der Waals surface area contributed by atoms with Crippen molar-refractivity contribution in [1.82, 2.24) is 9.88 Å². The number of aromatic hydroxyl groups is 1. The fourth-order valence-corrected chi connectivity index (χ4v) is 3.91. The highest BCUT2D eigenvalue weighted by Gasteiger charge is 2.30. The zero-order valence-electron chi connectivity index (χ0n) is 14.7. The Labute approximate surface area is 148 Å². The van der Waals surface area contributed by atoms with Gasteiger partial charge in [-0.3, -0.25) is 4.90 Å². The molecule has 1 atom stereocenters. The smallest absolute Gasteiger partial charge is 0.120 e. The maximum atomic E-state index is 10.6. The SMILES string of the molecule is Cc1ccc(O)c(C(c2c(C)[nH]c3ccccc23)N2CCOCC2)c1. The van der Waals surface area contributed by atoms with Crippen LogP contribution >= 0.6 is 0 Å². The molecular weight excluding hydrogens is 312 g/mol. The molecule has 2 heterocycles. The van der Waals surface area contributed by atoms with Crippen LogP contribution in [0.15, 0.2) is 42.5 Å². The molecule has 4 nitrogen and oxygen atoms in total. The Balaban J connectivity index is 1.93. The fraction of sp³-hybridized carbons (Fsp3) is 0.333. The van der Waals surface area contributed by atoms with Crippen molar-refractivity contribution < 1.29 is 9.84 Å². The van der Waals surface area contributed by atoms with E-state index >= 15 is 0 Å². The van der Waals surface area contributed by atoms with Gasteiger partial charge in [0.1, 0.15) is 5.75 Å². The highest BCUT2D eigenvalue weighted by Crippen LogP contribution is 2.40. The van der Waals surface area contributed by atoms with Crippen LogP contribution in [0.4, 0.5) is 0 Å². The molecule has 3 aromatic rings. The summed E-state index contributed by atoms with van der Waals surface area (Å²) in [4.78, 5) is 5.93. The number of phenolic OH excluding ortho intramolecular Hbond substituents is 1. The average Bonchev–Trinajstić information content (AvgIpc) is 2.95. The van der Waals surface area contributed by atoms with Gasteiger partial charge in [0, 0.05) is 40.8 Å². The second-order valence-corrected chi connectivity index (χ2v) is 6.82.